The first-order valence-corrected chi connectivity index (χ1v) is 8.07. The van der Waals surface area contributed by atoms with Gasteiger partial charge in [0.1, 0.15) is 0 Å². The summed E-state index contributed by atoms with van der Waals surface area (Å²) in [5.41, 5.74) is 0. The van der Waals surface area contributed by atoms with Crippen LogP contribution < -0.4 is 0 Å². The Morgan fingerprint density at radius 3 is 2.85 bits per heavy atom. The van der Waals surface area contributed by atoms with E-state index in [0.29, 0.717) is 18.7 Å². The fraction of sp³-hybridized carbons (Fsp3) is 0.938. The molecule has 1 saturated carbocycles. The van der Waals surface area contributed by atoms with Gasteiger partial charge in [0.15, 0.2) is 0 Å². The van der Waals surface area contributed by atoms with Gasteiger partial charge in [0.2, 0.25) is 0 Å². The number of aliphatic hydroxyl groups excluding tert-OH is 1. The Labute approximate surface area is 122 Å². The van der Waals surface area contributed by atoms with Crippen LogP contribution in [0.1, 0.15) is 46.0 Å². The lowest BCUT2D eigenvalue weighted by atomic mass is 9.76. The van der Waals surface area contributed by atoms with Gasteiger partial charge in [0, 0.05) is 18.6 Å². The average Bonchev–Trinajstić information content (AvgIpc) is 2.48. The van der Waals surface area contributed by atoms with Gasteiger partial charge >= 0.3 is 0 Å². The lowest BCUT2D eigenvalue weighted by Crippen LogP contribution is -2.56. The van der Waals surface area contributed by atoms with Crippen LogP contribution in [0.4, 0.5) is 0 Å². The highest BCUT2D eigenvalue weighted by molar-refractivity contribution is 4.99. The van der Waals surface area contributed by atoms with Crippen LogP contribution in [0.15, 0.2) is 0 Å². The minimum Gasteiger partial charge on any atom is -0.394 e. The lowest BCUT2D eigenvalue weighted by molar-refractivity contribution is -0.102. The second-order valence-electron chi connectivity index (χ2n) is 6.45. The van der Waals surface area contributed by atoms with E-state index in [1.807, 2.05) is 0 Å². The monoisotopic (exact) mass is 280 g/mol. The maximum absolute atomic E-state index is 9.46. The van der Waals surface area contributed by atoms with Crippen molar-refractivity contribution in [2.45, 2.75) is 64.1 Å². The van der Waals surface area contributed by atoms with Gasteiger partial charge in [-0.3, -0.25) is 4.90 Å². The summed E-state index contributed by atoms with van der Waals surface area (Å²) in [5, 5.41) is 18.8. The zero-order chi connectivity index (χ0) is 14.5. The first kappa shape index (κ1) is 15.8. The largest absolute Gasteiger partial charge is 0.394 e. The zero-order valence-corrected chi connectivity index (χ0v) is 12.8. The molecule has 5 atom stereocenters. The second-order valence-corrected chi connectivity index (χ2v) is 6.45. The molecular formula is C16H28N2O2. The van der Waals surface area contributed by atoms with Crippen molar-refractivity contribution in [2.24, 2.45) is 11.8 Å². The Morgan fingerprint density at radius 2 is 2.20 bits per heavy atom. The Hall–Kier alpha value is -0.630. The van der Waals surface area contributed by atoms with Gasteiger partial charge in [-0.1, -0.05) is 19.8 Å². The van der Waals surface area contributed by atoms with E-state index < -0.39 is 0 Å². The van der Waals surface area contributed by atoms with Gasteiger partial charge in [-0.25, -0.2) is 0 Å². The third-order valence-corrected chi connectivity index (χ3v) is 4.97. The molecule has 5 unspecified atom stereocenters. The van der Waals surface area contributed by atoms with E-state index in [1.54, 1.807) is 0 Å². The molecule has 0 bridgehead atoms. The molecule has 0 amide bonds. The normalized spacial score (nSPS) is 39.4. The average molecular weight is 280 g/mol. The van der Waals surface area contributed by atoms with Crippen molar-refractivity contribution >= 4 is 0 Å². The highest BCUT2D eigenvalue weighted by atomic mass is 16.5. The first-order chi connectivity index (χ1) is 9.69. The van der Waals surface area contributed by atoms with Crippen molar-refractivity contribution < 1.29 is 9.84 Å². The summed E-state index contributed by atoms with van der Waals surface area (Å²) in [4.78, 5) is 2.43. The van der Waals surface area contributed by atoms with Gasteiger partial charge < -0.3 is 9.84 Å². The number of nitrogens with zero attached hydrogens (tertiary/aromatic N) is 2. The Balaban J connectivity index is 2.06. The van der Waals surface area contributed by atoms with Crippen LogP contribution in [0.3, 0.4) is 0 Å². The molecule has 4 heteroatoms. The molecule has 1 saturated heterocycles. The number of ether oxygens (including phenoxy) is 1. The maximum Gasteiger partial charge on any atom is 0.0933 e. The van der Waals surface area contributed by atoms with Gasteiger partial charge in [-0.15, -0.1) is 0 Å². The molecule has 0 aromatic rings. The SMILES string of the molecule is CCCC1CCC(C#N)C(N2CC(CO)OCC2C)C1. The van der Waals surface area contributed by atoms with Crippen LogP contribution in [0.5, 0.6) is 0 Å². The minimum absolute atomic E-state index is 0.0749. The van der Waals surface area contributed by atoms with Crippen molar-refractivity contribution in [2.75, 3.05) is 19.8 Å². The van der Waals surface area contributed by atoms with Crippen molar-refractivity contribution in [3.8, 4) is 6.07 Å². The molecule has 4 nitrogen and oxygen atoms in total. The summed E-state index contributed by atoms with van der Waals surface area (Å²) in [6.07, 6.45) is 5.78. The molecule has 20 heavy (non-hydrogen) atoms. The molecule has 114 valence electrons. The second kappa shape index (κ2) is 7.40. The summed E-state index contributed by atoms with van der Waals surface area (Å²) >= 11 is 0. The van der Waals surface area contributed by atoms with Gasteiger partial charge in [0.05, 0.1) is 31.3 Å². The van der Waals surface area contributed by atoms with Gasteiger partial charge in [0.25, 0.3) is 0 Å². The highest BCUT2D eigenvalue weighted by Gasteiger charge is 2.38. The molecule has 2 fully saturated rings. The van der Waals surface area contributed by atoms with E-state index in [0.717, 1.165) is 25.3 Å². The number of hydrogen-bond donors (Lipinski definition) is 1. The van der Waals surface area contributed by atoms with Crippen molar-refractivity contribution in [3.05, 3.63) is 0 Å². The molecule has 2 aliphatic rings. The Kier molecular flexibility index (Phi) is 5.83. The number of aliphatic hydroxyl groups is 1. The van der Waals surface area contributed by atoms with Gasteiger partial charge in [-0.2, -0.15) is 5.26 Å². The topological polar surface area (TPSA) is 56.5 Å². The molecule has 2 rings (SSSR count). The summed E-state index contributed by atoms with van der Waals surface area (Å²) in [7, 11) is 0. The highest BCUT2D eigenvalue weighted by Crippen LogP contribution is 2.36. The Bertz CT molecular complexity index is 342. The maximum atomic E-state index is 9.46. The molecule has 0 aromatic carbocycles. The number of morpholine rings is 1. The van der Waals surface area contributed by atoms with E-state index in [1.165, 1.54) is 19.3 Å². The standard InChI is InChI=1S/C16H28N2O2/c1-3-4-13-5-6-14(8-17)16(7-13)18-9-15(10-19)20-11-12(18)2/h12-16,19H,3-7,9-11H2,1-2H3. The van der Waals surface area contributed by atoms with Crippen LogP contribution in [-0.4, -0.2) is 48.0 Å². The Morgan fingerprint density at radius 1 is 1.40 bits per heavy atom. The molecule has 1 N–H and O–H groups in total. The minimum atomic E-state index is -0.0860. The van der Waals surface area contributed by atoms with Crippen molar-refractivity contribution in [3.63, 3.8) is 0 Å². The van der Waals surface area contributed by atoms with E-state index >= 15 is 0 Å². The quantitative estimate of drug-likeness (QED) is 0.857. The predicted octanol–water partition coefficient (Wildman–Crippen LogP) is 2.18. The number of nitriles is 1. The molecular weight excluding hydrogens is 252 g/mol. The van der Waals surface area contributed by atoms with E-state index in [4.69, 9.17) is 4.74 Å². The van der Waals surface area contributed by atoms with E-state index in [-0.39, 0.29) is 18.6 Å². The number of hydrogen-bond acceptors (Lipinski definition) is 4. The van der Waals surface area contributed by atoms with Crippen molar-refractivity contribution in [1.82, 2.24) is 4.90 Å². The fourth-order valence-electron chi connectivity index (χ4n) is 3.83. The summed E-state index contributed by atoms with van der Waals surface area (Å²) < 4.78 is 5.63. The zero-order valence-electron chi connectivity index (χ0n) is 12.8. The van der Waals surface area contributed by atoms with Crippen molar-refractivity contribution in [1.29, 1.82) is 5.26 Å². The third kappa shape index (κ3) is 3.52. The van der Waals surface area contributed by atoms with Crippen LogP contribution in [0, 0.1) is 23.2 Å². The van der Waals surface area contributed by atoms with Crippen LogP contribution in [0.25, 0.3) is 0 Å². The van der Waals surface area contributed by atoms with E-state index in [9.17, 15) is 10.4 Å². The third-order valence-electron chi connectivity index (χ3n) is 4.97. The summed E-state index contributed by atoms with van der Waals surface area (Å²) in [5.74, 6) is 0.903. The summed E-state index contributed by atoms with van der Waals surface area (Å²) in [6.45, 7) is 5.92. The smallest absolute Gasteiger partial charge is 0.0933 e. The van der Waals surface area contributed by atoms with Crippen LogP contribution in [-0.2, 0) is 4.74 Å². The predicted molar refractivity (Wildman–Crippen MR) is 78.1 cm³/mol. The number of rotatable bonds is 4. The molecule has 0 spiro atoms. The molecule has 1 aliphatic carbocycles. The molecule has 1 aliphatic heterocycles. The molecule has 0 aromatic heterocycles. The van der Waals surface area contributed by atoms with Gasteiger partial charge in [-0.05, 0) is 32.1 Å². The van der Waals surface area contributed by atoms with Crippen LogP contribution in [0.2, 0.25) is 0 Å². The van der Waals surface area contributed by atoms with Crippen LogP contribution >= 0.6 is 0 Å². The molecule has 1 heterocycles. The molecule has 0 radical (unpaired) electrons. The fourth-order valence-corrected chi connectivity index (χ4v) is 3.83. The van der Waals surface area contributed by atoms with E-state index in [2.05, 4.69) is 24.8 Å². The first-order valence-electron chi connectivity index (χ1n) is 8.07. The lowest BCUT2D eigenvalue weighted by Gasteiger charge is -2.46. The summed E-state index contributed by atoms with van der Waals surface area (Å²) in [6, 6.07) is 3.21.